The fraction of sp³-hybridized carbons (Fsp3) is 0.417. The maximum atomic E-state index is 11.9. The molecule has 0 fully saturated rings. The number of amides is 1. The number of hydrogen-bond donors (Lipinski definition) is 1. The number of fused-ring (bicyclic) bond motifs is 1. The molecule has 4 nitrogen and oxygen atoms in total. The average molecular weight is 221 g/mol. The van der Waals surface area contributed by atoms with E-state index in [1.165, 1.54) is 0 Å². The summed E-state index contributed by atoms with van der Waals surface area (Å²) in [5, 5.41) is 2.73. The van der Waals surface area contributed by atoms with Gasteiger partial charge in [-0.05, 0) is 12.5 Å². The molecule has 0 saturated heterocycles. The highest BCUT2D eigenvalue weighted by Gasteiger charge is 2.26. The molecule has 0 spiro atoms. The Morgan fingerprint density at radius 3 is 3.19 bits per heavy atom. The molecule has 4 heteroatoms. The summed E-state index contributed by atoms with van der Waals surface area (Å²) < 4.78 is 10.3. The van der Waals surface area contributed by atoms with Gasteiger partial charge in [0.2, 0.25) is 5.91 Å². The zero-order chi connectivity index (χ0) is 11.4. The van der Waals surface area contributed by atoms with Gasteiger partial charge < -0.3 is 14.8 Å². The van der Waals surface area contributed by atoms with Gasteiger partial charge in [0.05, 0.1) is 12.5 Å². The second kappa shape index (κ2) is 4.99. The SMILES string of the molecule is COCNC(=O)C1CCOc2ccccc21. The molecule has 0 saturated carbocycles. The van der Waals surface area contributed by atoms with Gasteiger partial charge in [-0.1, -0.05) is 18.2 Å². The molecule has 1 aliphatic rings. The molecular weight excluding hydrogens is 206 g/mol. The Kier molecular flexibility index (Phi) is 3.41. The third-order valence-electron chi connectivity index (χ3n) is 2.67. The third-order valence-corrected chi connectivity index (χ3v) is 2.67. The molecule has 1 unspecified atom stereocenters. The topological polar surface area (TPSA) is 47.6 Å². The second-order valence-electron chi connectivity index (χ2n) is 3.70. The van der Waals surface area contributed by atoms with Gasteiger partial charge in [-0.3, -0.25) is 4.79 Å². The van der Waals surface area contributed by atoms with Crippen molar-refractivity contribution in [2.24, 2.45) is 0 Å². The fourth-order valence-corrected chi connectivity index (χ4v) is 1.88. The predicted octanol–water partition coefficient (Wildman–Crippen LogP) is 1.27. The van der Waals surface area contributed by atoms with Gasteiger partial charge in [0.15, 0.2) is 0 Å². The van der Waals surface area contributed by atoms with E-state index in [0.29, 0.717) is 13.0 Å². The van der Waals surface area contributed by atoms with Crippen LogP contribution in [0.4, 0.5) is 0 Å². The summed E-state index contributed by atoms with van der Waals surface area (Å²) in [6, 6.07) is 7.66. The van der Waals surface area contributed by atoms with Crippen LogP contribution in [0.1, 0.15) is 17.9 Å². The van der Waals surface area contributed by atoms with E-state index in [-0.39, 0.29) is 18.6 Å². The minimum atomic E-state index is -0.125. The summed E-state index contributed by atoms with van der Waals surface area (Å²) in [4.78, 5) is 11.9. The first kappa shape index (κ1) is 11.0. The summed E-state index contributed by atoms with van der Waals surface area (Å²) >= 11 is 0. The lowest BCUT2D eigenvalue weighted by molar-refractivity contribution is -0.124. The van der Waals surface area contributed by atoms with Gasteiger partial charge in [-0.25, -0.2) is 0 Å². The monoisotopic (exact) mass is 221 g/mol. The summed E-state index contributed by atoms with van der Waals surface area (Å²) in [7, 11) is 1.55. The molecule has 1 heterocycles. The zero-order valence-corrected chi connectivity index (χ0v) is 9.23. The van der Waals surface area contributed by atoms with Crippen LogP contribution in [0, 0.1) is 0 Å². The van der Waals surface area contributed by atoms with E-state index in [0.717, 1.165) is 11.3 Å². The maximum Gasteiger partial charge on any atom is 0.229 e. The van der Waals surface area contributed by atoms with Crippen LogP contribution in [0.2, 0.25) is 0 Å². The van der Waals surface area contributed by atoms with Gasteiger partial charge >= 0.3 is 0 Å². The lowest BCUT2D eigenvalue weighted by atomic mass is 9.92. The molecular formula is C12H15NO3. The lowest BCUT2D eigenvalue weighted by Gasteiger charge is -2.24. The third kappa shape index (κ3) is 2.17. The number of ether oxygens (including phenoxy) is 2. The van der Waals surface area contributed by atoms with E-state index >= 15 is 0 Å². The molecule has 1 amide bonds. The molecule has 0 aromatic heterocycles. The Balaban J connectivity index is 2.15. The molecule has 1 aromatic rings. The summed E-state index contributed by atoms with van der Waals surface area (Å²) in [5.74, 6) is 0.684. The zero-order valence-electron chi connectivity index (χ0n) is 9.23. The van der Waals surface area contributed by atoms with E-state index < -0.39 is 0 Å². The van der Waals surface area contributed by atoms with Gasteiger partial charge in [0.25, 0.3) is 0 Å². The standard InChI is InChI=1S/C12H15NO3/c1-15-8-13-12(14)10-6-7-16-11-5-3-2-4-9(10)11/h2-5,10H,6-8H2,1H3,(H,13,14). The number of rotatable bonds is 3. The van der Waals surface area contributed by atoms with Crippen LogP contribution in [-0.4, -0.2) is 26.4 Å². The highest BCUT2D eigenvalue weighted by atomic mass is 16.5. The van der Waals surface area contributed by atoms with E-state index in [9.17, 15) is 4.79 Å². The van der Waals surface area contributed by atoms with Gasteiger partial charge in [-0.15, -0.1) is 0 Å². The maximum absolute atomic E-state index is 11.9. The minimum absolute atomic E-state index is 0.00222. The van der Waals surface area contributed by atoms with Crippen LogP contribution in [0.3, 0.4) is 0 Å². The quantitative estimate of drug-likeness (QED) is 0.782. The highest BCUT2D eigenvalue weighted by molar-refractivity contribution is 5.84. The summed E-state index contributed by atoms with van der Waals surface area (Å²) in [6.07, 6.45) is 0.715. The molecule has 1 aliphatic heterocycles. The molecule has 0 bridgehead atoms. The van der Waals surface area contributed by atoms with Crippen molar-refractivity contribution >= 4 is 5.91 Å². The molecule has 1 N–H and O–H groups in total. The smallest absolute Gasteiger partial charge is 0.229 e. The number of carbonyl (C=O) groups excluding carboxylic acids is 1. The number of nitrogens with one attached hydrogen (secondary N) is 1. The van der Waals surface area contributed by atoms with Gasteiger partial charge in [-0.2, -0.15) is 0 Å². The Morgan fingerprint density at radius 1 is 1.56 bits per heavy atom. The number of hydrogen-bond acceptors (Lipinski definition) is 3. The van der Waals surface area contributed by atoms with Crippen LogP contribution >= 0.6 is 0 Å². The number of para-hydroxylation sites is 1. The lowest BCUT2D eigenvalue weighted by Crippen LogP contribution is -2.33. The predicted molar refractivity (Wildman–Crippen MR) is 59.3 cm³/mol. The van der Waals surface area contributed by atoms with Crippen molar-refractivity contribution in [2.45, 2.75) is 12.3 Å². The van der Waals surface area contributed by atoms with Crippen molar-refractivity contribution in [1.29, 1.82) is 0 Å². The van der Waals surface area contributed by atoms with Crippen molar-refractivity contribution in [3.63, 3.8) is 0 Å². The van der Waals surface area contributed by atoms with Crippen molar-refractivity contribution < 1.29 is 14.3 Å². The van der Waals surface area contributed by atoms with E-state index in [1.54, 1.807) is 7.11 Å². The highest BCUT2D eigenvalue weighted by Crippen LogP contribution is 2.33. The Hall–Kier alpha value is -1.55. The molecule has 1 aromatic carbocycles. The molecule has 2 rings (SSSR count). The summed E-state index contributed by atoms with van der Waals surface area (Å²) in [5.41, 5.74) is 0.961. The van der Waals surface area contributed by atoms with Crippen molar-refractivity contribution in [1.82, 2.24) is 5.32 Å². The summed E-state index contributed by atoms with van der Waals surface area (Å²) in [6.45, 7) is 0.834. The van der Waals surface area contributed by atoms with E-state index in [4.69, 9.17) is 9.47 Å². The Morgan fingerprint density at radius 2 is 2.38 bits per heavy atom. The van der Waals surface area contributed by atoms with Crippen LogP contribution in [0.15, 0.2) is 24.3 Å². The van der Waals surface area contributed by atoms with Gasteiger partial charge in [0.1, 0.15) is 12.5 Å². The normalized spacial score (nSPS) is 18.4. The van der Waals surface area contributed by atoms with Crippen LogP contribution in [0.5, 0.6) is 5.75 Å². The largest absolute Gasteiger partial charge is 0.493 e. The first-order valence-corrected chi connectivity index (χ1v) is 5.31. The van der Waals surface area contributed by atoms with Crippen molar-refractivity contribution in [3.05, 3.63) is 29.8 Å². The molecule has 0 aliphatic carbocycles. The Bertz CT molecular complexity index is 378. The Labute approximate surface area is 94.6 Å². The minimum Gasteiger partial charge on any atom is -0.493 e. The van der Waals surface area contributed by atoms with Crippen LogP contribution in [0.25, 0.3) is 0 Å². The number of benzene rings is 1. The molecule has 0 radical (unpaired) electrons. The van der Waals surface area contributed by atoms with E-state index in [2.05, 4.69) is 5.32 Å². The second-order valence-corrected chi connectivity index (χ2v) is 3.70. The fourth-order valence-electron chi connectivity index (χ4n) is 1.88. The van der Waals surface area contributed by atoms with Crippen molar-refractivity contribution in [2.75, 3.05) is 20.4 Å². The average Bonchev–Trinajstić information content (AvgIpc) is 2.35. The molecule has 1 atom stereocenters. The first-order valence-electron chi connectivity index (χ1n) is 5.31. The number of carbonyl (C=O) groups is 1. The number of methoxy groups -OCH3 is 1. The molecule has 86 valence electrons. The van der Waals surface area contributed by atoms with Gasteiger partial charge in [0, 0.05) is 12.7 Å². The van der Waals surface area contributed by atoms with Crippen molar-refractivity contribution in [3.8, 4) is 5.75 Å². The van der Waals surface area contributed by atoms with E-state index in [1.807, 2.05) is 24.3 Å². The first-order chi connectivity index (χ1) is 7.83. The van der Waals surface area contributed by atoms with Crippen LogP contribution < -0.4 is 10.1 Å². The molecule has 16 heavy (non-hydrogen) atoms. The van der Waals surface area contributed by atoms with Crippen LogP contribution in [-0.2, 0) is 9.53 Å².